The highest BCUT2D eigenvalue weighted by molar-refractivity contribution is 5.77. The summed E-state index contributed by atoms with van der Waals surface area (Å²) in [6.45, 7) is 9.18. The Kier molecular flexibility index (Phi) is 4.95. The van der Waals surface area contributed by atoms with Crippen LogP contribution in [0.5, 0.6) is 5.75 Å². The number of hydrogen-bond donors (Lipinski definition) is 3. The molecule has 1 saturated heterocycles. The first-order chi connectivity index (χ1) is 12.2. The quantitative estimate of drug-likeness (QED) is 0.608. The van der Waals surface area contributed by atoms with E-state index >= 15 is 0 Å². The fraction of sp³-hybridized carbons (Fsp3) is 0.650. The Bertz CT molecular complexity index is 621. The van der Waals surface area contributed by atoms with Gasteiger partial charge in [0, 0.05) is 18.0 Å². The van der Waals surface area contributed by atoms with Crippen LogP contribution in [0.25, 0.3) is 0 Å². The molecule has 3 N–H and O–H groups in total. The first-order valence-electron chi connectivity index (χ1n) is 9.88. The van der Waals surface area contributed by atoms with Gasteiger partial charge in [0.15, 0.2) is 6.54 Å². The van der Waals surface area contributed by atoms with Gasteiger partial charge in [-0.1, -0.05) is 0 Å². The molecule has 1 aromatic rings. The summed E-state index contributed by atoms with van der Waals surface area (Å²) < 4.78 is 5.59. The van der Waals surface area contributed by atoms with Crippen molar-refractivity contribution in [3.8, 4) is 5.75 Å². The number of ether oxygens (including phenoxy) is 1. The molecule has 3 aliphatic rings. The van der Waals surface area contributed by atoms with Gasteiger partial charge in [0.05, 0.1) is 6.61 Å². The molecule has 25 heavy (non-hydrogen) atoms. The van der Waals surface area contributed by atoms with Crippen LogP contribution in [-0.2, 0) is 17.8 Å². The molecule has 0 aromatic heterocycles. The van der Waals surface area contributed by atoms with Crippen molar-refractivity contribution in [3.05, 3.63) is 29.3 Å². The average molecular weight is 345 g/mol. The first kappa shape index (κ1) is 16.9. The van der Waals surface area contributed by atoms with E-state index in [-0.39, 0.29) is 5.91 Å². The maximum atomic E-state index is 12.2. The minimum absolute atomic E-state index is 0.233. The molecule has 2 fully saturated rings. The van der Waals surface area contributed by atoms with Crippen LogP contribution in [0.2, 0.25) is 0 Å². The number of carbonyl (C=O) groups is 1. The van der Waals surface area contributed by atoms with Gasteiger partial charge in [-0.2, -0.15) is 0 Å². The van der Waals surface area contributed by atoms with E-state index in [9.17, 15) is 4.79 Å². The smallest absolute Gasteiger partial charge is 0.275 e. The molecule has 0 radical (unpaired) electrons. The predicted octanol–water partition coefficient (Wildman–Crippen LogP) is -1.18. The lowest BCUT2D eigenvalue weighted by atomic mass is 10.1. The summed E-state index contributed by atoms with van der Waals surface area (Å²) in [5.41, 5.74) is 2.78. The van der Waals surface area contributed by atoms with Crippen LogP contribution in [0.1, 0.15) is 30.9 Å². The highest BCUT2D eigenvalue weighted by atomic mass is 16.5. The molecule has 2 aliphatic heterocycles. The van der Waals surface area contributed by atoms with E-state index in [1.54, 1.807) is 4.90 Å². The second-order valence-electron chi connectivity index (χ2n) is 8.09. The number of fused-ring (bicyclic) bond motifs is 1. The summed E-state index contributed by atoms with van der Waals surface area (Å²) in [5.74, 6) is 2.04. The summed E-state index contributed by atoms with van der Waals surface area (Å²) in [7, 11) is 0. The van der Waals surface area contributed by atoms with E-state index in [0.717, 1.165) is 57.4 Å². The van der Waals surface area contributed by atoms with Gasteiger partial charge < -0.3 is 19.9 Å². The molecule has 136 valence electrons. The molecule has 1 atom stereocenters. The van der Waals surface area contributed by atoms with E-state index in [0.29, 0.717) is 12.6 Å². The third-order valence-electron chi connectivity index (χ3n) is 6.00. The van der Waals surface area contributed by atoms with Gasteiger partial charge in [0.25, 0.3) is 5.91 Å². The molecule has 1 amide bonds. The van der Waals surface area contributed by atoms with Crippen LogP contribution >= 0.6 is 0 Å². The third-order valence-corrected chi connectivity index (χ3v) is 6.00. The summed E-state index contributed by atoms with van der Waals surface area (Å²) in [4.78, 5) is 15.3. The number of rotatable bonds is 6. The Morgan fingerprint density at radius 3 is 2.76 bits per heavy atom. The first-order valence-corrected chi connectivity index (χ1v) is 9.88. The molecule has 1 saturated carbocycles. The molecule has 1 aromatic carbocycles. The van der Waals surface area contributed by atoms with E-state index in [1.165, 1.54) is 28.9 Å². The molecule has 2 heterocycles. The second-order valence-corrected chi connectivity index (χ2v) is 8.09. The van der Waals surface area contributed by atoms with Crippen molar-refractivity contribution in [1.82, 2.24) is 5.32 Å². The number of benzene rings is 1. The third kappa shape index (κ3) is 4.33. The number of carbonyl (C=O) groups excluding carboxylic acids is 1. The predicted molar refractivity (Wildman–Crippen MR) is 95.9 cm³/mol. The maximum absolute atomic E-state index is 12.2. The van der Waals surface area contributed by atoms with E-state index < -0.39 is 0 Å². The number of amides is 1. The number of piperazine rings is 1. The van der Waals surface area contributed by atoms with Crippen molar-refractivity contribution in [2.45, 2.75) is 38.8 Å². The molecule has 1 aliphatic carbocycles. The van der Waals surface area contributed by atoms with Gasteiger partial charge in [-0.25, -0.2) is 0 Å². The van der Waals surface area contributed by atoms with Gasteiger partial charge in [0.1, 0.15) is 38.5 Å². The van der Waals surface area contributed by atoms with Gasteiger partial charge in [0.2, 0.25) is 0 Å². The topological polar surface area (TPSA) is 47.2 Å². The SMILES string of the molecule is C[C@@H](NC(=O)C[NH+]1CC[NH+](Cc2ccc3c(c2)CCO3)CC1)C1CC1. The van der Waals surface area contributed by atoms with Crippen LogP contribution in [0, 0.1) is 5.92 Å². The van der Waals surface area contributed by atoms with Crippen LogP contribution in [-0.4, -0.2) is 51.3 Å². The Hall–Kier alpha value is -1.59. The molecule has 4 rings (SSSR count). The van der Waals surface area contributed by atoms with E-state index in [4.69, 9.17) is 4.74 Å². The largest absolute Gasteiger partial charge is 0.493 e. The Labute approximate surface area is 150 Å². The Morgan fingerprint density at radius 1 is 1.24 bits per heavy atom. The van der Waals surface area contributed by atoms with Crippen LogP contribution in [0.15, 0.2) is 18.2 Å². The molecule has 5 nitrogen and oxygen atoms in total. The average Bonchev–Trinajstić information content (AvgIpc) is 3.35. The van der Waals surface area contributed by atoms with Crippen molar-refractivity contribution in [3.63, 3.8) is 0 Å². The Morgan fingerprint density at radius 2 is 2.00 bits per heavy atom. The highest BCUT2D eigenvalue weighted by Crippen LogP contribution is 2.32. The van der Waals surface area contributed by atoms with Crippen molar-refractivity contribution in [1.29, 1.82) is 0 Å². The molecule has 0 spiro atoms. The Balaban J connectivity index is 1.21. The monoisotopic (exact) mass is 345 g/mol. The molecule has 0 unspecified atom stereocenters. The molecule has 5 heteroatoms. The van der Waals surface area contributed by atoms with Crippen LogP contribution < -0.4 is 19.9 Å². The minimum Gasteiger partial charge on any atom is -0.493 e. The minimum atomic E-state index is 0.233. The lowest BCUT2D eigenvalue weighted by Crippen LogP contribution is -3.28. The van der Waals surface area contributed by atoms with Crippen molar-refractivity contribution in [2.24, 2.45) is 5.92 Å². The zero-order chi connectivity index (χ0) is 17.2. The molecular formula is C20H31N3O2+2. The van der Waals surface area contributed by atoms with Crippen molar-refractivity contribution < 1.29 is 19.3 Å². The summed E-state index contributed by atoms with van der Waals surface area (Å²) in [6, 6.07) is 7.02. The second kappa shape index (κ2) is 7.34. The van der Waals surface area contributed by atoms with Gasteiger partial charge in [-0.15, -0.1) is 0 Å². The normalized spacial score (nSPS) is 26.6. The van der Waals surface area contributed by atoms with Gasteiger partial charge in [-0.3, -0.25) is 4.79 Å². The summed E-state index contributed by atoms with van der Waals surface area (Å²) in [5, 5.41) is 3.19. The van der Waals surface area contributed by atoms with Crippen LogP contribution in [0.4, 0.5) is 0 Å². The highest BCUT2D eigenvalue weighted by Gasteiger charge is 2.30. The maximum Gasteiger partial charge on any atom is 0.275 e. The fourth-order valence-electron chi connectivity index (χ4n) is 4.20. The van der Waals surface area contributed by atoms with Crippen molar-refractivity contribution in [2.75, 3.05) is 39.3 Å². The summed E-state index contributed by atoms with van der Waals surface area (Å²) >= 11 is 0. The fourth-order valence-corrected chi connectivity index (χ4v) is 4.20. The van der Waals surface area contributed by atoms with E-state index in [1.807, 2.05) is 0 Å². The standard InChI is InChI=1S/C20H29N3O2/c1-15(17-3-4-17)21-20(24)14-23-9-7-22(8-10-23)13-16-2-5-19-18(12-16)6-11-25-19/h2,5,12,15,17H,3-4,6-11,13-14H2,1H3,(H,21,24)/p+2/t15-/m1/s1. The number of nitrogens with one attached hydrogen (secondary N) is 3. The lowest BCUT2D eigenvalue weighted by molar-refractivity contribution is -1.02. The van der Waals surface area contributed by atoms with Gasteiger partial charge >= 0.3 is 0 Å². The zero-order valence-electron chi connectivity index (χ0n) is 15.3. The van der Waals surface area contributed by atoms with Gasteiger partial charge in [-0.05, 0) is 49.4 Å². The molecule has 0 bridgehead atoms. The van der Waals surface area contributed by atoms with Crippen molar-refractivity contribution >= 4 is 5.91 Å². The number of hydrogen-bond acceptors (Lipinski definition) is 2. The zero-order valence-corrected chi connectivity index (χ0v) is 15.3. The van der Waals surface area contributed by atoms with E-state index in [2.05, 4.69) is 30.4 Å². The molecular weight excluding hydrogens is 314 g/mol. The van der Waals surface area contributed by atoms with Crippen LogP contribution in [0.3, 0.4) is 0 Å². The summed E-state index contributed by atoms with van der Waals surface area (Å²) in [6.07, 6.45) is 3.61. The lowest BCUT2D eigenvalue weighted by Gasteiger charge is -2.29. The number of quaternary nitrogens is 2.